The van der Waals surface area contributed by atoms with E-state index in [1.807, 2.05) is 11.8 Å². The van der Waals surface area contributed by atoms with E-state index >= 15 is 0 Å². The molecule has 4 nitrogen and oxygen atoms in total. The maximum atomic E-state index is 12.9. The highest BCUT2D eigenvalue weighted by Gasteiger charge is 2.42. The molecule has 0 bridgehead atoms. The zero-order chi connectivity index (χ0) is 13.0. The highest BCUT2D eigenvalue weighted by Crippen LogP contribution is 2.24. The Morgan fingerprint density at radius 3 is 2.55 bits per heavy atom. The van der Waals surface area contributed by atoms with Crippen LogP contribution >= 0.6 is 36.6 Å². The summed E-state index contributed by atoms with van der Waals surface area (Å²) in [5.74, 6) is -0.792. The number of amides is 1. The van der Waals surface area contributed by atoms with E-state index in [1.54, 1.807) is 0 Å². The van der Waals surface area contributed by atoms with Crippen LogP contribution < -0.4 is 10.6 Å². The minimum Gasteiger partial charge on any atom is -0.353 e. The molecule has 0 saturated carbocycles. The molecule has 1 amide bonds. The number of nitrogens with one attached hydrogen (secondary N) is 2. The van der Waals surface area contributed by atoms with Gasteiger partial charge in [0.2, 0.25) is 5.91 Å². The molecule has 0 aromatic rings. The number of carbonyl (C=O) groups excluding carboxylic acids is 1. The molecule has 1 unspecified atom stereocenters. The van der Waals surface area contributed by atoms with Gasteiger partial charge in [-0.1, -0.05) is 0 Å². The molecular weight excluding hydrogens is 331 g/mol. The number of hydrogen-bond donors (Lipinski definition) is 2. The fourth-order valence-electron chi connectivity index (χ4n) is 2.19. The van der Waals surface area contributed by atoms with Gasteiger partial charge in [-0.05, 0) is 0 Å². The van der Waals surface area contributed by atoms with Crippen molar-refractivity contribution in [3.05, 3.63) is 0 Å². The molecule has 2 aliphatic heterocycles. The van der Waals surface area contributed by atoms with Gasteiger partial charge in [-0.2, -0.15) is 11.8 Å². The maximum Gasteiger partial charge on any atom is 0.262 e. The van der Waals surface area contributed by atoms with Gasteiger partial charge in [0.25, 0.3) is 5.92 Å². The summed E-state index contributed by atoms with van der Waals surface area (Å²) in [5, 5.41) is 5.28. The van der Waals surface area contributed by atoms with Gasteiger partial charge in [-0.3, -0.25) is 15.0 Å². The van der Waals surface area contributed by atoms with Gasteiger partial charge in [0.15, 0.2) is 0 Å². The molecule has 0 spiro atoms. The van der Waals surface area contributed by atoms with Gasteiger partial charge in [0, 0.05) is 44.1 Å². The number of halogens is 4. The molecule has 2 heterocycles. The number of hydrogen-bond acceptors (Lipinski definition) is 4. The predicted molar refractivity (Wildman–Crippen MR) is 82.6 cm³/mol. The van der Waals surface area contributed by atoms with E-state index in [1.165, 1.54) is 0 Å². The molecule has 2 N–H and O–H groups in total. The first kappa shape index (κ1) is 20.2. The molecule has 20 heavy (non-hydrogen) atoms. The molecular formula is C11H21Cl2F2N3OS. The summed E-state index contributed by atoms with van der Waals surface area (Å²) in [6, 6.07) is -0.739. The Hall–Kier alpha value is 0.180. The minimum absolute atomic E-state index is 0. The van der Waals surface area contributed by atoms with Gasteiger partial charge in [-0.25, -0.2) is 8.78 Å². The van der Waals surface area contributed by atoms with Crippen molar-refractivity contribution < 1.29 is 13.6 Å². The fraction of sp³-hybridized carbons (Fsp3) is 0.909. The Bertz CT molecular complexity index is 307. The molecule has 2 saturated heterocycles. The molecule has 0 aromatic carbocycles. The SMILES string of the molecule is Cl.Cl.O=C(NCCN1CCSCC1)C1CC(F)(F)CN1. The number of rotatable bonds is 4. The lowest BCUT2D eigenvalue weighted by atomic mass is 10.2. The van der Waals surface area contributed by atoms with Crippen molar-refractivity contribution in [2.45, 2.75) is 18.4 Å². The number of alkyl halides is 2. The molecule has 2 rings (SSSR count). The quantitative estimate of drug-likeness (QED) is 0.792. The van der Waals surface area contributed by atoms with E-state index in [0.717, 1.165) is 31.1 Å². The largest absolute Gasteiger partial charge is 0.353 e. The van der Waals surface area contributed by atoms with Crippen LogP contribution in [0, 0.1) is 0 Å². The van der Waals surface area contributed by atoms with Crippen molar-refractivity contribution in [1.29, 1.82) is 0 Å². The summed E-state index contributed by atoms with van der Waals surface area (Å²) < 4.78 is 25.8. The van der Waals surface area contributed by atoms with Crippen LogP contribution in [-0.4, -0.2) is 67.0 Å². The number of carbonyl (C=O) groups is 1. The van der Waals surface area contributed by atoms with Crippen molar-refractivity contribution in [2.75, 3.05) is 44.2 Å². The first-order valence-corrected chi connectivity index (χ1v) is 7.41. The zero-order valence-corrected chi connectivity index (χ0v) is 13.5. The van der Waals surface area contributed by atoms with E-state index in [-0.39, 0.29) is 37.1 Å². The average Bonchev–Trinajstić information content (AvgIpc) is 2.71. The Balaban J connectivity index is 0.00000180. The summed E-state index contributed by atoms with van der Waals surface area (Å²) in [6.07, 6.45) is -0.390. The van der Waals surface area contributed by atoms with Gasteiger partial charge < -0.3 is 5.32 Å². The maximum absolute atomic E-state index is 12.9. The van der Waals surface area contributed by atoms with Crippen LogP contribution in [0.2, 0.25) is 0 Å². The lowest BCUT2D eigenvalue weighted by Gasteiger charge is -2.26. The number of thioether (sulfide) groups is 1. The van der Waals surface area contributed by atoms with E-state index < -0.39 is 18.5 Å². The van der Waals surface area contributed by atoms with Crippen molar-refractivity contribution in [2.24, 2.45) is 0 Å². The molecule has 120 valence electrons. The van der Waals surface area contributed by atoms with Crippen LogP contribution in [0.3, 0.4) is 0 Å². The van der Waals surface area contributed by atoms with Crippen molar-refractivity contribution >= 4 is 42.5 Å². The first-order valence-electron chi connectivity index (χ1n) is 6.26. The van der Waals surface area contributed by atoms with Crippen LogP contribution in [0.25, 0.3) is 0 Å². The lowest BCUT2D eigenvalue weighted by molar-refractivity contribution is -0.123. The Morgan fingerprint density at radius 2 is 2.00 bits per heavy atom. The van der Waals surface area contributed by atoms with Crippen molar-refractivity contribution in [3.8, 4) is 0 Å². The second-order valence-corrected chi connectivity index (χ2v) is 5.96. The van der Waals surface area contributed by atoms with Gasteiger partial charge >= 0.3 is 0 Å². The van der Waals surface area contributed by atoms with Gasteiger partial charge in [0.05, 0.1) is 12.6 Å². The van der Waals surface area contributed by atoms with E-state index in [4.69, 9.17) is 0 Å². The third kappa shape index (κ3) is 6.30. The highest BCUT2D eigenvalue weighted by molar-refractivity contribution is 7.99. The summed E-state index contributed by atoms with van der Waals surface area (Å²) >= 11 is 1.94. The molecule has 9 heteroatoms. The third-order valence-electron chi connectivity index (χ3n) is 3.26. The first-order chi connectivity index (χ1) is 8.57. The average molecular weight is 352 g/mol. The molecule has 1 atom stereocenters. The molecule has 0 aromatic heterocycles. The normalized spacial score (nSPS) is 25.4. The van der Waals surface area contributed by atoms with Gasteiger partial charge in [-0.15, -0.1) is 24.8 Å². The van der Waals surface area contributed by atoms with Crippen molar-refractivity contribution in [3.63, 3.8) is 0 Å². The zero-order valence-electron chi connectivity index (χ0n) is 11.1. The van der Waals surface area contributed by atoms with E-state index in [0.29, 0.717) is 6.54 Å². The Labute approximate surface area is 134 Å². The molecule has 2 aliphatic rings. The molecule has 0 radical (unpaired) electrons. The van der Waals surface area contributed by atoms with Crippen LogP contribution in [0.5, 0.6) is 0 Å². The van der Waals surface area contributed by atoms with Crippen LogP contribution in [-0.2, 0) is 4.79 Å². The molecule has 2 fully saturated rings. The number of nitrogens with zero attached hydrogens (tertiary/aromatic N) is 1. The Kier molecular flexibility index (Phi) is 9.33. The lowest BCUT2D eigenvalue weighted by Crippen LogP contribution is -2.44. The summed E-state index contributed by atoms with van der Waals surface area (Å²) in [6.45, 7) is 3.03. The second kappa shape index (κ2) is 9.25. The monoisotopic (exact) mass is 351 g/mol. The van der Waals surface area contributed by atoms with Crippen LogP contribution in [0.4, 0.5) is 8.78 Å². The second-order valence-electron chi connectivity index (χ2n) is 4.74. The Morgan fingerprint density at radius 1 is 1.35 bits per heavy atom. The standard InChI is InChI=1S/C11H19F2N3OS.2ClH/c12-11(13)7-9(15-8-11)10(17)14-1-2-16-3-5-18-6-4-16;;/h9,15H,1-8H2,(H,14,17);2*1H. The van der Waals surface area contributed by atoms with Crippen LogP contribution in [0.15, 0.2) is 0 Å². The predicted octanol–water partition coefficient (Wildman–Crippen LogP) is 0.992. The van der Waals surface area contributed by atoms with Gasteiger partial charge in [0.1, 0.15) is 0 Å². The minimum atomic E-state index is -2.74. The van der Waals surface area contributed by atoms with Crippen LogP contribution in [0.1, 0.15) is 6.42 Å². The molecule has 0 aliphatic carbocycles. The highest BCUT2D eigenvalue weighted by atomic mass is 35.5. The smallest absolute Gasteiger partial charge is 0.262 e. The van der Waals surface area contributed by atoms with Crippen molar-refractivity contribution in [1.82, 2.24) is 15.5 Å². The van der Waals surface area contributed by atoms with E-state index in [2.05, 4.69) is 15.5 Å². The third-order valence-corrected chi connectivity index (χ3v) is 4.20. The fourth-order valence-corrected chi connectivity index (χ4v) is 3.16. The summed E-state index contributed by atoms with van der Waals surface area (Å²) in [7, 11) is 0. The topological polar surface area (TPSA) is 44.4 Å². The summed E-state index contributed by atoms with van der Waals surface area (Å²) in [5.41, 5.74) is 0. The van der Waals surface area contributed by atoms with E-state index in [9.17, 15) is 13.6 Å². The summed E-state index contributed by atoms with van der Waals surface area (Å²) in [4.78, 5) is 13.9.